The molecule has 1 saturated heterocycles. The van der Waals surface area contributed by atoms with Crippen LogP contribution in [0, 0.1) is 0 Å². The Kier molecular flexibility index (Phi) is 4.83. The summed E-state index contributed by atoms with van der Waals surface area (Å²) in [7, 11) is 1.94. The van der Waals surface area contributed by atoms with E-state index in [4.69, 9.17) is 9.47 Å². The van der Waals surface area contributed by atoms with E-state index < -0.39 is 0 Å². The number of nitrogens with one attached hydrogen (secondary N) is 1. The minimum atomic E-state index is 0.254. The Hall–Kier alpha value is -0.580. The van der Waals surface area contributed by atoms with Crippen LogP contribution in [0.3, 0.4) is 0 Å². The van der Waals surface area contributed by atoms with Gasteiger partial charge in [0.2, 0.25) is 0 Å². The Bertz CT molecular complexity index is 364. The number of halogens is 1. The zero-order valence-electron chi connectivity index (χ0n) is 10.0. The van der Waals surface area contributed by atoms with E-state index in [9.17, 15) is 0 Å². The Morgan fingerprint density at radius 3 is 3.12 bits per heavy atom. The zero-order chi connectivity index (χ0) is 12.1. The zero-order valence-corrected chi connectivity index (χ0v) is 11.6. The third kappa shape index (κ3) is 3.44. The first-order chi connectivity index (χ1) is 8.31. The summed E-state index contributed by atoms with van der Waals surface area (Å²) in [5.74, 6) is 0.928. The largest absolute Gasteiger partial charge is 0.489 e. The lowest BCUT2D eigenvalue weighted by Gasteiger charge is -2.16. The number of para-hydroxylation sites is 1. The molecule has 0 unspecified atom stereocenters. The molecule has 0 aliphatic carbocycles. The highest BCUT2D eigenvalue weighted by atomic mass is 79.9. The first-order valence-electron chi connectivity index (χ1n) is 5.97. The van der Waals surface area contributed by atoms with Crippen LogP contribution in [0.2, 0.25) is 0 Å². The first-order valence-corrected chi connectivity index (χ1v) is 6.77. The van der Waals surface area contributed by atoms with Gasteiger partial charge in [-0.25, -0.2) is 0 Å². The number of hydrogen-bond donors (Lipinski definition) is 1. The monoisotopic (exact) mass is 299 g/mol. The molecule has 1 fully saturated rings. The van der Waals surface area contributed by atoms with Crippen LogP contribution in [-0.2, 0) is 11.3 Å². The van der Waals surface area contributed by atoms with Gasteiger partial charge in [0.25, 0.3) is 0 Å². The number of ether oxygens (including phenoxy) is 2. The minimum absolute atomic E-state index is 0.254. The molecule has 17 heavy (non-hydrogen) atoms. The summed E-state index contributed by atoms with van der Waals surface area (Å²) in [5, 5.41) is 3.15. The molecule has 0 saturated carbocycles. The molecule has 0 radical (unpaired) electrons. The molecule has 1 N–H and O–H groups in total. The van der Waals surface area contributed by atoms with Gasteiger partial charge in [0, 0.05) is 18.7 Å². The molecule has 0 spiro atoms. The predicted octanol–water partition coefficient (Wildman–Crippen LogP) is 2.73. The van der Waals surface area contributed by atoms with Crippen molar-refractivity contribution >= 4 is 15.9 Å². The van der Waals surface area contributed by atoms with E-state index in [1.807, 2.05) is 19.2 Å². The smallest absolute Gasteiger partial charge is 0.138 e. The van der Waals surface area contributed by atoms with Gasteiger partial charge in [-0.05, 0) is 41.9 Å². The van der Waals surface area contributed by atoms with Crippen LogP contribution in [0.25, 0.3) is 0 Å². The molecule has 1 aromatic carbocycles. The van der Waals surface area contributed by atoms with E-state index in [2.05, 4.69) is 27.3 Å². The molecule has 2 rings (SSSR count). The number of rotatable bonds is 5. The fraction of sp³-hybridized carbons (Fsp3) is 0.538. The molecule has 1 aromatic rings. The van der Waals surface area contributed by atoms with Gasteiger partial charge in [0.15, 0.2) is 0 Å². The highest BCUT2D eigenvalue weighted by Crippen LogP contribution is 2.29. The van der Waals surface area contributed by atoms with Crippen LogP contribution < -0.4 is 10.1 Å². The minimum Gasteiger partial charge on any atom is -0.489 e. The molecule has 0 aromatic heterocycles. The predicted molar refractivity (Wildman–Crippen MR) is 71.4 cm³/mol. The van der Waals surface area contributed by atoms with E-state index in [0.717, 1.165) is 36.2 Å². The Labute approximate surface area is 111 Å². The molecule has 1 aliphatic rings. The lowest BCUT2D eigenvalue weighted by Crippen LogP contribution is -2.17. The van der Waals surface area contributed by atoms with Crippen LogP contribution in [0.15, 0.2) is 22.7 Å². The molecule has 0 bridgehead atoms. The summed E-state index contributed by atoms with van der Waals surface area (Å²) in [4.78, 5) is 0. The van der Waals surface area contributed by atoms with Crippen molar-refractivity contribution in [3.63, 3.8) is 0 Å². The van der Waals surface area contributed by atoms with Gasteiger partial charge in [0.1, 0.15) is 12.4 Å². The van der Waals surface area contributed by atoms with Crippen molar-refractivity contribution in [2.45, 2.75) is 25.5 Å². The van der Waals surface area contributed by atoms with Crippen LogP contribution in [0.1, 0.15) is 18.4 Å². The summed E-state index contributed by atoms with van der Waals surface area (Å²) < 4.78 is 12.5. The number of hydrogen-bond acceptors (Lipinski definition) is 3. The van der Waals surface area contributed by atoms with Crippen LogP contribution in [0.4, 0.5) is 0 Å². The van der Waals surface area contributed by atoms with Gasteiger partial charge >= 0.3 is 0 Å². The SMILES string of the molecule is CNCc1cccc(Br)c1OC[C@@H]1CCCO1. The molecule has 1 heterocycles. The lowest BCUT2D eigenvalue weighted by molar-refractivity contribution is 0.0673. The average molecular weight is 300 g/mol. The van der Waals surface area contributed by atoms with Crippen molar-refractivity contribution in [1.82, 2.24) is 5.32 Å². The molecule has 1 aliphatic heterocycles. The second-order valence-electron chi connectivity index (χ2n) is 4.20. The van der Waals surface area contributed by atoms with Gasteiger partial charge in [-0.15, -0.1) is 0 Å². The van der Waals surface area contributed by atoms with Gasteiger partial charge in [0.05, 0.1) is 10.6 Å². The van der Waals surface area contributed by atoms with Gasteiger partial charge in [-0.1, -0.05) is 12.1 Å². The second kappa shape index (κ2) is 6.38. The normalized spacial score (nSPS) is 19.5. The van der Waals surface area contributed by atoms with E-state index in [0.29, 0.717) is 6.61 Å². The maximum Gasteiger partial charge on any atom is 0.138 e. The third-order valence-corrected chi connectivity index (χ3v) is 3.48. The molecule has 3 nitrogen and oxygen atoms in total. The highest BCUT2D eigenvalue weighted by Gasteiger charge is 2.17. The summed E-state index contributed by atoms with van der Waals surface area (Å²) in [6, 6.07) is 6.10. The summed E-state index contributed by atoms with van der Waals surface area (Å²) in [6.45, 7) is 2.31. The van der Waals surface area contributed by atoms with E-state index >= 15 is 0 Å². The molecule has 1 atom stereocenters. The molecule has 0 amide bonds. The van der Waals surface area contributed by atoms with Crippen LogP contribution in [0.5, 0.6) is 5.75 Å². The Morgan fingerprint density at radius 2 is 2.41 bits per heavy atom. The summed E-state index contributed by atoms with van der Waals surface area (Å²) in [5.41, 5.74) is 1.17. The van der Waals surface area contributed by atoms with Gasteiger partial charge < -0.3 is 14.8 Å². The fourth-order valence-corrected chi connectivity index (χ4v) is 2.52. The third-order valence-electron chi connectivity index (χ3n) is 2.85. The average Bonchev–Trinajstić information content (AvgIpc) is 2.82. The second-order valence-corrected chi connectivity index (χ2v) is 5.06. The van der Waals surface area contributed by atoms with Gasteiger partial charge in [-0.2, -0.15) is 0 Å². The molecule has 94 valence electrons. The Morgan fingerprint density at radius 1 is 1.53 bits per heavy atom. The van der Waals surface area contributed by atoms with E-state index in [1.165, 1.54) is 5.56 Å². The van der Waals surface area contributed by atoms with Crippen LogP contribution >= 0.6 is 15.9 Å². The maximum atomic E-state index is 5.89. The van der Waals surface area contributed by atoms with Crippen molar-refractivity contribution < 1.29 is 9.47 Å². The van der Waals surface area contributed by atoms with Crippen molar-refractivity contribution in [1.29, 1.82) is 0 Å². The fourth-order valence-electron chi connectivity index (χ4n) is 2.00. The number of benzene rings is 1. The topological polar surface area (TPSA) is 30.5 Å². The van der Waals surface area contributed by atoms with Crippen molar-refractivity contribution in [2.24, 2.45) is 0 Å². The standard InChI is InChI=1S/C13H18BrNO2/c1-15-8-10-4-2-6-12(14)13(10)17-9-11-5-3-7-16-11/h2,4,6,11,15H,3,5,7-9H2,1H3/t11-/m0/s1. The summed E-state index contributed by atoms with van der Waals surface area (Å²) >= 11 is 3.53. The molecular weight excluding hydrogens is 282 g/mol. The maximum absolute atomic E-state index is 5.89. The van der Waals surface area contributed by atoms with Crippen molar-refractivity contribution in [3.05, 3.63) is 28.2 Å². The van der Waals surface area contributed by atoms with Gasteiger partial charge in [-0.3, -0.25) is 0 Å². The van der Waals surface area contributed by atoms with Crippen molar-refractivity contribution in [2.75, 3.05) is 20.3 Å². The van der Waals surface area contributed by atoms with Crippen molar-refractivity contribution in [3.8, 4) is 5.75 Å². The molecular formula is C13H18BrNO2. The van der Waals surface area contributed by atoms with Crippen LogP contribution in [-0.4, -0.2) is 26.4 Å². The first kappa shape index (κ1) is 12.9. The Balaban J connectivity index is 2.02. The molecule has 4 heteroatoms. The quantitative estimate of drug-likeness (QED) is 0.907. The highest BCUT2D eigenvalue weighted by molar-refractivity contribution is 9.10. The van der Waals surface area contributed by atoms with E-state index in [1.54, 1.807) is 0 Å². The van der Waals surface area contributed by atoms with E-state index in [-0.39, 0.29) is 6.10 Å². The lowest BCUT2D eigenvalue weighted by atomic mass is 10.2. The summed E-state index contributed by atoms with van der Waals surface area (Å²) in [6.07, 6.45) is 2.50.